The van der Waals surface area contributed by atoms with Crippen molar-refractivity contribution in [3.05, 3.63) is 29.6 Å². The van der Waals surface area contributed by atoms with Gasteiger partial charge in [-0.1, -0.05) is 12.6 Å². The number of methoxy groups -OCH3 is 1. The number of nitrogens with zero attached hydrogens (tertiary/aromatic N) is 1. The summed E-state index contributed by atoms with van der Waals surface area (Å²) in [4.78, 5) is 20.7. The van der Waals surface area contributed by atoms with E-state index in [2.05, 4.69) is 22.3 Å². The van der Waals surface area contributed by atoms with Crippen molar-refractivity contribution in [3.63, 3.8) is 0 Å². The first-order valence-corrected chi connectivity index (χ1v) is 7.29. The molecule has 0 aliphatic rings. The molecule has 1 heterocycles. The van der Waals surface area contributed by atoms with Crippen molar-refractivity contribution < 1.29 is 18.7 Å². The van der Waals surface area contributed by atoms with E-state index in [0.29, 0.717) is 5.69 Å². The van der Waals surface area contributed by atoms with E-state index < -0.39 is 0 Å². The van der Waals surface area contributed by atoms with Gasteiger partial charge in [0.1, 0.15) is 6.10 Å². The van der Waals surface area contributed by atoms with Crippen molar-refractivity contribution in [2.45, 2.75) is 32.8 Å². The molecule has 0 radical (unpaired) electrons. The van der Waals surface area contributed by atoms with E-state index in [4.69, 9.17) is 9.12 Å². The van der Waals surface area contributed by atoms with Gasteiger partial charge in [-0.05, 0) is 31.0 Å². The predicted octanol–water partition coefficient (Wildman–Crippen LogP) is 2.37. The van der Waals surface area contributed by atoms with Crippen LogP contribution in [0.1, 0.15) is 37.6 Å². The molecule has 0 aliphatic heterocycles. The third-order valence-corrected chi connectivity index (χ3v) is 3.20. The average molecular weight is 300 g/mol. The second kappa shape index (κ2) is 9.71. The lowest BCUT2D eigenvalue weighted by atomic mass is 10.1. The molecular formula is C13H20N2O4S. The lowest BCUT2D eigenvalue weighted by Crippen LogP contribution is -2.16. The van der Waals surface area contributed by atoms with Crippen LogP contribution in [0.2, 0.25) is 0 Å². The fourth-order valence-electron chi connectivity index (χ4n) is 1.37. The molecule has 0 saturated carbocycles. The number of nitrogens with one attached hydrogen (secondary N) is 1. The van der Waals surface area contributed by atoms with Gasteiger partial charge in [0.25, 0.3) is 0 Å². The third-order valence-electron chi connectivity index (χ3n) is 2.44. The zero-order valence-electron chi connectivity index (χ0n) is 11.9. The van der Waals surface area contributed by atoms with Crippen LogP contribution in [0.15, 0.2) is 18.3 Å². The summed E-state index contributed by atoms with van der Waals surface area (Å²) in [6, 6.07) is 3.58. The van der Waals surface area contributed by atoms with Crippen LogP contribution >= 0.6 is 12.0 Å². The zero-order valence-corrected chi connectivity index (χ0v) is 12.7. The first-order chi connectivity index (χ1) is 9.67. The Balaban J connectivity index is 2.45. The van der Waals surface area contributed by atoms with Gasteiger partial charge in [-0.3, -0.25) is 14.6 Å². The molecule has 0 aliphatic carbocycles. The average Bonchev–Trinajstić information content (AvgIpc) is 2.47. The topological polar surface area (TPSA) is 69.7 Å². The number of pyridine rings is 1. The third kappa shape index (κ3) is 6.33. The van der Waals surface area contributed by atoms with Gasteiger partial charge < -0.3 is 4.74 Å². The van der Waals surface area contributed by atoms with Crippen molar-refractivity contribution in [2.75, 3.05) is 12.9 Å². The standard InChI is InChI=1S/C13H20N2O4S/c1-4-7-20-19-15-18-10(2)12-8-11(5-6-14-12)9-13(16)17-3/h5-6,8,10,15H,4,7,9H2,1-3H3. The number of carbonyl (C=O) groups is 1. The molecule has 112 valence electrons. The van der Waals surface area contributed by atoms with Gasteiger partial charge in [-0.25, -0.2) is 4.28 Å². The number of esters is 1. The summed E-state index contributed by atoms with van der Waals surface area (Å²) in [5, 5.41) is 0. The first kappa shape index (κ1) is 16.9. The van der Waals surface area contributed by atoms with Gasteiger partial charge in [0.2, 0.25) is 0 Å². The second-order valence-electron chi connectivity index (χ2n) is 4.09. The second-order valence-corrected chi connectivity index (χ2v) is 4.90. The maximum absolute atomic E-state index is 11.2. The fraction of sp³-hybridized carbons (Fsp3) is 0.538. The molecule has 0 bridgehead atoms. The molecule has 1 unspecified atom stereocenters. The van der Waals surface area contributed by atoms with Crippen LogP contribution in [0.4, 0.5) is 0 Å². The van der Waals surface area contributed by atoms with E-state index in [0.717, 1.165) is 17.7 Å². The Bertz CT molecular complexity index is 417. The largest absolute Gasteiger partial charge is 0.469 e. The van der Waals surface area contributed by atoms with Crippen LogP contribution in [-0.4, -0.2) is 23.8 Å². The van der Waals surface area contributed by atoms with Gasteiger partial charge in [0, 0.05) is 24.0 Å². The monoisotopic (exact) mass is 300 g/mol. The van der Waals surface area contributed by atoms with Crippen LogP contribution in [0.3, 0.4) is 0 Å². The van der Waals surface area contributed by atoms with Crippen molar-refractivity contribution in [1.82, 2.24) is 10.6 Å². The lowest BCUT2D eigenvalue weighted by Gasteiger charge is -2.12. The van der Waals surface area contributed by atoms with Gasteiger partial charge in [0.05, 0.1) is 19.2 Å². The van der Waals surface area contributed by atoms with E-state index >= 15 is 0 Å². The minimum Gasteiger partial charge on any atom is -0.469 e. The fourth-order valence-corrected chi connectivity index (χ4v) is 1.70. The highest BCUT2D eigenvalue weighted by Gasteiger charge is 2.10. The summed E-state index contributed by atoms with van der Waals surface area (Å²) in [6.07, 6.45) is 2.59. The SMILES string of the molecule is CCCSONOC(C)c1cc(CC(=O)OC)ccn1. The molecular weight excluding hydrogens is 280 g/mol. The molecule has 0 amide bonds. The highest BCUT2D eigenvalue weighted by molar-refractivity contribution is 7.94. The molecule has 0 spiro atoms. The Labute approximate surface area is 123 Å². The highest BCUT2D eigenvalue weighted by atomic mass is 32.2. The van der Waals surface area contributed by atoms with Crippen molar-refractivity contribution in [2.24, 2.45) is 0 Å². The Hall–Kier alpha value is -1.15. The molecule has 1 aromatic rings. The van der Waals surface area contributed by atoms with Gasteiger partial charge in [-0.2, -0.15) is 0 Å². The van der Waals surface area contributed by atoms with Gasteiger partial charge in [-0.15, -0.1) is 0 Å². The molecule has 20 heavy (non-hydrogen) atoms. The molecule has 1 N–H and O–H groups in total. The Morgan fingerprint density at radius 3 is 3.05 bits per heavy atom. The summed E-state index contributed by atoms with van der Waals surface area (Å²) in [5.41, 5.74) is 3.96. The van der Waals surface area contributed by atoms with Crippen LogP contribution in [0, 0.1) is 0 Å². The van der Waals surface area contributed by atoms with Crippen molar-refractivity contribution >= 4 is 18.0 Å². The molecule has 6 nitrogen and oxygen atoms in total. The lowest BCUT2D eigenvalue weighted by molar-refractivity contribution is -0.139. The summed E-state index contributed by atoms with van der Waals surface area (Å²) < 4.78 is 9.65. The molecule has 1 atom stereocenters. The number of hydrogen-bond acceptors (Lipinski definition) is 7. The van der Waals surface area contributed by atoms with E-state index in [-0.39, 0.29) is 18.5 Å². The summed E-state index contributed by atoms with van der Waals surface area (Å²) in [7, 11) is 1.37. The first-order valence-electron chi connectivity index (χ1n) is 6.38. The van der Waals surface area contributed by atoms with Gasteiger partial charge >= 0.3 is 5.97 Å². The van der Waals surface area contributed by atoms with Crippen molar-refractivity contribution in [1.29, 1.82) is 0 Å². The van der Waals surface area contributed by atoms with Crippen molar-refractivity contribution in [3.8, 4) is 0 Å². The predicted molar refractivity (Wildman–Crippen MR) is 76.4 cm³/mol. The molecule has 0 saturated heterocycles. The van der Waals surface area contributed by atoms with E-state index in [1.807, 2.05) is 13.0 Å². The molecule has 1 aromatic heterocycles. The van der Waals surface area contributed by atoms with Crippen LogP contribution < -0.4 is 5.64 Å². The Morgan fingerprint density at radius 2 is 2.35 bits per heavy atom. The van der Waals surface area contributed by atoms with Crippen LogP contribution in [0.25, 0.3) is 0 Å². The number of ether oxygens (including phenoxy) is 1. The highest BCUT2D eigenvalue weighted by Crippen LogP contribution is 2.15. The van der Waals surface area contributed by atoms with E-state index in [9.17, 15) is 4.79 Å². The van der Waals surface area contributed by atoms with E-state index in [1.165, 1.54) is 19.2 Å². The maximum Gasteiger partial charge on any atom is 0.309 e. The van der Waals surface area contributed by atoms with Crippen LogP contribution in [0.5, 0.6) is 0 Å². The number of rotatable bonds is 9. The Morgan fingerprint density at radius 1 is 1.55 bits per heavy atom. The number of hydrogen-bond donors (Lipinski definition) is 1. The van der Waals surface area contributed by atoms with E-state index in [1.54, 1.807) is 12.3 Å². The smallest absolute Gasteiger partial charge is 0.309 e. The Kier molecular flexibility index (Phi) is 8.20. The quantitative estimate of drug-likeness (QED) is 0.325. The summed E-state index contributed by atoms with van der Waals surface area (Å²) in [6.45, 7) is 3.90. The zero-order chi connectivity index (χ0) is 14.8. The molecule has 1 rings (SSSR count). The normalized spacial score (nSPS) is 12.2. The van der Waals surface area contributed by atoms with Crippen LogP contribution in [-0.2, 0) is 25.1 Å². The number of carbonyl (C=O) groups excluding carboxylic acids is 1. The summed E-state index contributed by atoms with van der Waals surface area (Å²) in [5.74, 6) is 0.602. The number of aromatic nitrogens is 1. The minimum atomic E-state index is -0.296. The minimum absolute atomic E-state index is 0.217. The molecule has 7 heteroatoms. The molecule has 0 aromatic carbocycles. The summed E-state index contributed by atoms with van der Waals surface area (Å²) >= 11 is 1.29. The maximum atomic E-state index is 11.2. The molecule has 0 fully saturated rings. The van der Waals surface area contributed by atoms with Gasteiger partial charge in [0.15, 0.2) is 0 Å².